The third kappa shape index (κ3) is 7.02. The van der Waals surface area contributed by atoms with Gasteiger partial charge in [-0.1, -0.05) is 11.8 Å². The summed E-state index contributed by atoms with van der Waals surface area (Å²) in [6, 6.07) is 3.18. The van der Waals surface area contributed by atoms with Gasteiger partial charge in [-0.2, -0.15) is 13.2 Å². The van der Waals surface area contributed by atoms with E-state index in [0.29, 0.717) is 5.56 Å². The number of aromatic nitrogens is 1. The highest BCUT2D eigenvalue weighted by Crippen LogP contribution is 2.29. The molecule has 1 aromatic heterocycles. The van der Waals surface area contributed by atoms with E-state index >= 15 is 0 Å². The summed E-state index contributed by atoms with van der Waals surface area (Å²) in [6.45, 7) is -0.216. The van der Waals surface area contributed by atoms with Crippen molar-refractivity contribution in [3.8, 4) is 11.8 Å². The first-order chi connectivity index (χ1) is 9.94. The maximum Gasteiger partial charge on any atom is 0.441 e. The zero-order valence-electron chi connectivity index (χ0n) is 10.9. The topological polar surface area (TPSA) is 62.2 Å². The summed E-state index contributed by atoms with van der Waals surface area (Å²) >= 11 is -0.199. The normalized spacial score (nSPS) is 10.7. The van der Waals surface area contributed by atoms with Gasteiger partial charge in [-0.05, 0) is 23.9 Å². The Labute approximate surface area is 124 Å². The molecule has 0 aliphatic carbocycles. The molecule has 0 saturated carbocycles. The quantitative estimate of drug-likeness (QED) is 0.642. The van der Waals surface area contributed by atoms with Crippen LogP contribution in [0.2, 0.25) is 0 Å². The van der Waals surface area contributed by atoms with Crippen molar-refractivity contribution < 1.29 is 23.1 Å². The molecule has 1 heterocycles. The highest BCUT2D eigenvalue weighted by Gasteiger charge is 2.27. The number of carbonyl (C=O) groups is 1. The molecule has 8 heteroatoms. The van der Waals surface area contributed by atoms with E-state index in [0.717, 1.165) is 0 Å². The van der Waals surface area contributed by atoms with Crippen LogP contribution in [0, 0.1) is 11.8 Å². The van der Waals surface area contributed by atoms with Crippen LogP contribution in [0.5, 0.6) is 0 Å². The summed E-state index contributed by atoms with van der Waals surface area (Å²) in [5.41, 5.74) is -3.89. The summed E-state index contributed by atoms with van der Waals surface area (Å²) in [6.07, 6.45) is 1.66. The number of amides is 1. The van der Waals surface area contributed by atoms with Gasteiger partial charge in [0.1, 0.15) is 5.69 Å². The highest BCUT2D eigenvalue weighted by molar-refractivity contribution is 8.00. The Morgan fingerprint density at radius 1 is 1.48 bits per heavy atom. The third-order valence-corrected chi connectivity index (χ3v) is 2.87. The minimum Gasteiger partial charge on any atom is -0.395 e. The first kappa shape index (κ1) is 17.3. The van der Waals surface area contributed by atoms with E-state index in [2.05, 4.69) is 22.1 Å². The first-order valence-corrected chi connectivity index (χ1v) is 6.96. The Kier molecular flexibility index (Phi) is 7.05. The maximum absolute atomic E-state index is 11.9. The molecule has 0 saturated heterocycles. The van der Waals surface area contributed by atoms with E-state index in [1.165, 1.54) is 6.20 Å². The van der Waals surface area contributed by atoms with Crippen molar-refractivity contribution in [2.24, 2.45) is 0 Å². The number of rotatable bonds is 5. The molecule has 114 valence electrons. The van der Waals surface area contributed by atoms with E-state index in [-0.39, 0.29) is 42.8 Å². The maximum atomic E-state index is 11.9. The van der Waals surface area contributed by atoms with Crippen molar-refractivity contribution in [2.75, 3.05) is 18.9 Å². The van der Waals surface area contributed by atoms with Crippen molar-refractivity contribution in [3.05, 3.63) is 29.6 Å². The number of aliphatic hydroxyl groups is 1. The van der Waals surface area contributed by atoms with Crippen LogP contribution in [0.4, 0.5) is 13.2 Å². The molecule has 1 aromatic rings. The molecule has 0 radical (unpaired) electrons. The van der Waals surface area contributed by atoms with Crippen LogP contribution in [0.3, 0.4) is 0 Å². The number of thioether (sulfide) groups is 1. The molecule has 0 aliphatic heterocycles. The molecular weight excluding hydrogens is 305 g/mol. The Morgan fingerprint density at radius 3 is 2.90 bits per heavy atom. The second-order valence-corrected chi connectivity index (χ2v) is 4.88. The number of nitrogens with one attached hydrogen (secondary N) is 1. The smallest absolute Gasteiger partial charge is 0.395 e. The number of hydrogen-bond acceptors (Lipinski definition) is 4. The van der Waals surface area contributed by atoms with Crippen LogP contribution in [0.15, 0.2) is 18.3 Å². The fraction of sp³-hybridized carbons (Fsp3) is 0.385. The number of hydrogen-bond donors (Lipinski definition) is 2. The average molecular weight is 318 g/mol. The van der Waals surface area contributed by atoms with Gasteiger partial charge in [-0.15, -0.1) is 0 Å². The van der Waals surface area contributed by atoms with Crippen LogP contribution in [0.25, 0.3) is 0 Å². The fourth-order valence-electron chi connectivity index (χ4n) is 1.32. The molecule has 0 aromatic carbocycles. The van der Waals surface area contributed by atoms with E-state index in [1.807, 2.05) is 0 Å². The minimum atomic E-state index is -4.31. The highest BCUT2D eigenvalue weighted by atomic mass is 32.2. The molecule has 0 bridgehead atoms. The Balaban J connectivity index is 2.60. The van der Waals surface area contributed by atoms with E-state index in [1.54, 1.807) is 12.1 Å². The lowest BCUT2D eigenvalue weighted by Crippen LogP contribution is -2.28. The molecule has 0 fully saturated rings. The molecule has 4 nitrogen and oxygen atoms in total. The van der Waals surface area contributed by atoms with E-state index in [9.17, 15) is 18.0 Å². The van der Waals surface area contributed by atoms with Gasteiger partial charge < -0.3 is 10.4 Å². The second kappa shape index (κ2) is 8.54. The number of carbonyl (C=O) groups excluding carboxylic acids is 1. The molecule has 1 rings (SSSR count). The van der Waals surface area contributed by atoms with Crippen molar-refractivity contribution in [3.63, 3.8) is 0 Å². The molecule has 0 atom stereocenters. The molecule has 0 aliphatic rings. The minimum absolute atomic E-state index is 0.0555. The predicted molar refractivity (Wildman–Crippen MR) is 73.7 cm³/mol. The molecule has 21 heavy (non-hydrogen) atoms. The molecule has 1 amide bonds. The zero-order chi connectivity index (χ0) is 15.7. The van der Waals surface area contributed by atoms with Crippen molar-refractivity contribution >= 4 is 17.7 Å². The summed E-state index contributed by atoms with van der Waals surface area (Å²) < 4.78 is 35.8. The SMILES string of the molecule is O=C(NCCSC(F)(F)F)c1ncccc1C#CCCO. The second-order valence-electron chi connectivity index (χ2n) is 3.73. The number of nitrogens with zero attached hydrogens (tertiary/aromatic N) is 1. The number of alkyl halides is 3. The predicted octanol–water partition coefficient (Wildman–Crippen LogP) is 1.80. The summed E-state index contributed by atoms with van der Waals surface area (Å²) in [5.74, 6) is 4.50. The Morgan fingerprint density at radius 2 is 2.24 bits per heavy atom. The summed E-state index contributed by atoms with van der Waals surface area (Å²) in [7, 11) is 0. The Bertz CT molecular complexity index is 538. The van der Waals surface area contributed by atoms with Crippen LogP contribution in [0.1, 0.15) is 22.5 Å². The van der Waals surface area contributed by atoms with Crippen LogP contribution < -0.4 is 5.32 Å². The van der Waals surface area contributed by atoms with E-state index in [4.69, 9.17) is 5.11 Å². The van der Waals surface area contributed by atoms with Gasteiger partial charge in [-0.3, -0.25) is 4.79 Å². The standard InChI is InChI=1S/C13H13F3N2O2S/c14-13(15,16)21-9-7-18-12(20)11-10(4-1-2-8-19)5-3-6-17-11/h3,5-6,19H,2,7-9H2,(H,18,20). The first-order valence-electron chi connectivity index (χ1n) is 5.97. The monoisotopic (exact) mass is 318 g/mol. The zero-order valence-corrected chi connectivity index (χ0v) is 11.7. The van der Waals surface area contributed by atoms with Crippen molar-refractivity contribution in [1.82, 2.24) is 10.3 Å². The van der Waals surface area contributed by atoms with Crippen LogP contribution in [-0.4, -0.2) is 40.4 Å². The van der Waals surface area contributed by atoms with Gasteiger partial charge in [0.15, 0.2) is 0 Å². The lowest BCUT2D eigenvalue weighted by atomic mass is 10.2. The van der Waals surface area contributed by atoms with Gasteiger partial charge in [0.2, 0.25) is 0 Å². The molecule has 0 unspecified atom stereocenters. The lowest BCUT2D eigenvalue weighted by molar-refractivity contribution is -0.0327. The van der Waals surface area contributed by atoms with Crippen LogP contribution in [-0.2, 0) is 0 Å². The summed E-state index contributed by atoms with van der Waals surface area (Å²) in [4.78, 5) is 15.7. The van der Waals surface area contributed by atoms with Crippen LogP contribution >= 0.6 is 11.8 Å². The van der Waals surface area contributed by atoms with Crippen molar-refractivity contribution in [1.29, 1.82) is 0 Å². The average Bonchev–Trinajstić information content (AvgIpc) is 2.43. The van der Waals surface area contributed by atoms with Gasteiger partial charge in [-0.25, -0.2) is 4.98 Å². The number of aliphatic hydroxyl groups excluding tert-OH is 1. The largest absolute Gasteiger partial charge is 0.441 e. The third-order valence-electron chi connectivity index (χ3n) is 2.14. The van der Waals surface area contributed by atoms with Gasteiger partial charge in [0, 0.05) is 24.9 Å². The summed E-state index contributed by atoms with van der Waals surface area (Å²) in [5, 5.41) is 11.0. The van der Waals surface area contributed by atoms with Crippen molar-refractivity contribution in [2.45, 2.75) is 11.9 Å². The van der Waals surface area contributed by atoms with Gasteiger partial charge in [0.05, 0.1) is 12.2 Å². The van der Waals surface area contributed by atoms with Gasteiger partial charge >= 0.3 is 5.51 Å². The number of pyridine rings is 1. The Hall–Kier alpha value is -1.72. The molecule has 2 N–H and O–H groups in total. The molecular formula is C13H13F3N2O2S. The number of halogens is 3. The lowest BCUT2D eigenvalue weighted by Gasteiger charge is -2.07. The van der Waals surface area contributed by atoms with E-state index < -0.39 is 11.4 Å². The molecule has 0 spiro atoms. The van der Waals surface area contributed by atoms with Gasteiger partial charge in [0.25, 0.3) is 5.91 Å². The fourth-order valence-corrected chi connectivity index (χ4v) is 1.75.